The van der Waals surface area contributed by atoms with Crippen molar-refractivity contribution in [2.24, 2.45) is 0 Å². The summed E-state index contributed by atoms with van der Waals surface area (Å²) in [6.07, 6.45) is 1.01. The molecule has 0 amide bonds. The van der Waals surface area contributed by atoms with Gasteiger partial charge in [-0.15, -0.1) is 11.3 Å². The van der Waals surface area contributed by atoms with Gasteiger partial charge in [-0.25, -0.2) is 9.97 Å². The fraction of sp³-hybridized carbons (Fsp3) is 0.250. The summed E-state index contributed by atoms with van der Waals surface area (Å²) in [5, 5.41) is 5.23. The maximum Gasteiger partial charge on any atom is 0.142 e. The second-order valence-electron chi connectivity index (χ2n) is 4.94. The van der Waals surface area contributed by atoms with Crippen LogP contribution in [0.3, 0.4) is 0 Å². The Morgan fingerprint density at radius 2 is 2.05 bits per heavy atom. The van der Waals surface area contributed by atoms with Crippen LogP contribution in [-0.2, 0) is 6.42 Å². The number of nitrogens with one attached hydrogen (secondary N) is 1. The van der Waals surface area contributed by atoms with Gasteiger partial charge in [-0.1, -0.05) is 24.6 Å². The number of benzene rings is 1. The second-order valence-corrected chi connectivity index (χ2v) is 6.46. The van der Waals surface area contributed by atoms with Crippen molar-refractivity contribution in [3.8, 4) is 0 Å². The van der Waals surface area contributed by atoms with Crippen molar-refractivity contribution in [1.82, 2.24) is 9.97 Å². The van der Waals surface area contributed by atoms with E-state index in [4.69, 9.17) is 11.6 Å². The van der Waals surface area contributed by atoms with E-state index in [1.54, 1.807) is 11.3 Å². The summed E-state index contributed by atoms with van der Waals surface area (Å²) < 4.78 is 0. The lowest BCUT2D eigenvalue weighted by molar-refractivity contribution is 1.10. The van der Waals surface area contributed by atoms with Gasteiger partial charge in [0, 0.05) is 15.6 Å². The van der Waals surface area contributed by atoms with Crippen LogP contribution in [0, 0.1) is 13.8 Å². The summed E-state index contributed by atoms with van der Waals surface area (Å²) in [4.78, 5) is 11.4. The molecule has 0 radical (unpaired) electrons. The van der Waals surface area contributed by atoms with E-state index in [0.29, 0.717) is 0 Å². The molecule has 0 aliphatic rings. The number of aromatic nitrogens is 2. The van der Waals surface area contributed by atoms with E-state index >= 15 is 0 Å². The zero-order valence-corrected chi connectivity index (χ0v) is 13.8. The standard InChI is InChI=1S/C16H16ClN3S/c1-4-11-8-12-15(18-10(3)19-16(12)21-11)20-14-7-5-6-13(17)9(14)2/h5-8H,4H2,1-3H3,(H,18,19,20). The molecule has 5 heteroatoms. The average Bonchev–Trinajstić information content (AvgIpc) is 2.87. The molecule has 3 nitrogen and oxygen atoms in total. The Labute approximate surface area is 133 Å². The lowest BCUT2D eigenvalue weighted by atomic mass is 10.2. The lowest BCUT2D eigenvalue weighted by Crippen LogP contribution is -1.99. The summed E-state index contributed by atoms with van der Waals surface area (Å²) in [5.41, 5.74) is 2.00. The largest absolute Gasteiger partial charge is 0.339 e. The smallest absolute Gasteiger partial charge is 0.142 e. The minimum absolute atomic E-state index is 0.751. The van der Waals surface area contributed by atoms with Crippen LogP contribution in [0.2, 0.25) is 5.02 Å². The van der Waals surface area contributed by atoms with E-state index in [-0.39, 0.29) is 0 Å². The minimum atomic E-state index is 0.751. The predicted molar refractivity (Wildman–Crippen MR) is 91.0 cm³/mol. The number of hydrogen-bond acceptors (Lipinski definition) is 4. The second kappa shape index (κ2) is 5.62. The van der Waals surface area contributed by atoms with Gasteiger partial charge in [0.2, 0.25) is 0 Å². The van der Waals surface area contributed by atoms with Crippen molar-refractivity contribution in [1.29, 1.82) is 0 Å². The Bertz CT molecular complexity index is 811. The molecular formula is C16H16ClN3S. The Balaban J connectivity index is 2.11. The normalized spacial score (nSPS) is 11.0. The van der Waals surface area contributed by atoms with Gasteiger partial charge in [-0.3, -0.25) is 0 Å². The Kier molecular flexibility index (Phi) is 3.83. The molecule has 1 aromatic carbocycles. The summed E-state index contributed by atoms with van der Waals surface area (Å²) in [5.74, 6) is 1.62. The fourth-order valence-corrected chi connectivity index (χ4v) is 3.41. The minimum Gasteiger partial charge on any atom is -0.339 e. The third-order valence-electron chi connectivity index (χ3n) is 3.42. The van der Waals surface area contributed by atoms with Crippen molar-refractivity contribution >= 4 is 44.7 Å². The third kappa shape index (κ3) is 2.74. The summed E-state index contributed by atoms with van der Waals surface area (Å²) in [7, 11) is 0. The molecule has 108 valence electrons. The highest BCUT2D eigenvalue weighted by atomic mass is 35.5. The first-order valence-electron chi connectivity index (χ1n) is 6.87. The molecule has 0 aliphatic carbocycles. The maximum absolute atomic E-state index is 6.19. The number of thiophene rings is 1. The number of aryl methyl sites for hydroxylation is 2. The first-order chi connectivity index (χ1) is 10.1. The molecule has 2 aromatic heterocycles. The summed E-state index contributed by atoms with van der Waals surface area (Å²) >= 11 is 7.91. The molecule has 0 atom stereocenters. The van der Waals surface area contributed by atoms with Crippen LogP contribution in [0.15, 0.2) is 24.3 Å². The quantitative estimate of drug-likeness (QED) is 0.715. The van der Waals surface area contributed by atoms with E-state index in [2.05, 4.69) is 28.3 Å². The molecule has 0 spiro atoms. The first-order valence-corrected chi connectivity index (χ1v) is 8.07. The van der Waals surface area contributed by atoms with Crippen LogP contribution in [0.5, 0.6) is 0 Å². The Hall–Kier alpha value is -1.65. The molecule has 0 unspecified atom stereocenters. The highest BCUT2D eigenvalue weighted by Gasteiger charge is 2.11. The van der Waals surface area contributed by atoms with Crippen molar-refractivity contribution in [3.05, 3.63) is 45.6 Å². The number of rotatable bonds is 3. The molecular weight excluding hydrogens is 302 g/mol. The molecule has 21 heavy (non-hydrogen) atoms. The monoisotopic (exact) mass is 317 g/mol. The van der Waals surface area contributed by atoms with Crippen molar-refractivity contribution in [3.63, 3.8) is 0 Å². The van der Waals surface area contributed by atoms with Crippen molar-refractivity contribution in [2.75, 3.05) is 5.32 Å². The van der Waals surface area contributed by atoms with Crippen molar-refractivity contribution in [2.45, 2.75) is 27.2 Å². The highest BCUT2D eigenvalue weighted by Crippen LogP contribution is 2.32. The Morgan fingerprint density at radius 3 is 2.81 bits per heavy atom. The Morgan fingerprint density at radius 1 is 1.24 bits per heavy atom. The van der Waals surface area contributed by atoms with Gasteiger partial charge in [0.15, 0.2) is 0 Å². The number of nitrogens with zero attached hydrogens (tertiary/aromatic N) is 2. The predicted octanol–water partition coefficient (Wildman–Crippen LogP) is 5.27. The van der Waals surface area contributed by atoms with Crippen LogP contribution in [-0.4, -0.2) is 9.97 Å². The van der Waals surface area contributed by atoms with Crippen LogP contribution >= 0.6 is 22.9 Å². The maximum atomic E-state index is 6.19. The average molecular weight is 318 g/mol. The molecule has 0 fully saturated rings. The number of anilines is 2. The van der Waals surface area contributed by atoms with Crippen molar-refractivity contribution < 1.29 is 0 Å². The van der Waals surface area contributed by atoms with E-state index < -0.39 is 0 Å². The third-order valence-corrected chi connectivity index (χ3v) is 5.01. The van der Waals surface area contributed by atoms with Gasteiger partial charge in [-0.05, 0) is 44.0 Å². The van der Waals surface area contributed by atoms with Crippen LogP contribution in [0.1, 0.15) is 23.2 Å². The van der Waals surface area contributed by atoms with Gasteiger partial charge in [0.05, 0.1) is 5.39 Å². The van der Waals surface area contributed by atoms with Crippen LogP contribution < -0.4 is 5.32 Å². The fourth-order valence-electron chi connectivity index (χ4n) is 2.22. The molecule has 0 saturated heterocycles. The van der Waals surface area contributed by atoms with E-state index in [1.807, 2.05) is 32.0 Å². The van der Waals surface area contributed by atoms with Gasteiger partial charge in [0.25, 0.3) is 0 Å². The zero-order chi connectivity index (χ0) is 15.0. The summed E-state index contributed by atoms with van der Waals surface area (Å²) in [6, 6.07) is 8.01. The van der Waals surface area contributed by atoms with Gasteiger partial charge >= 0.3 is 0 Å². The number of fused-ring (bicyclic) bond motifs is 1. The number of halogens is 1. The highest BCUT2D eigenvalue weighted by molar-refractivity contribution is 7.18. The topological polar surface area (TPSA) is 37.8 Å². The van der Waals surface area contributed by atoms with Crippen LogP contribution in [0.25, 0.3) is 10.2 Å². The van der Waals surface area contributed by atoms with Gasteiger partial charge in [-0.2, -0.15) is 0 Å². The lowest BCUT2D eigenvalue weighted by Gasteiger charge is -2.11. The van der Waals surface area contributed by atoms with Gasteiger partial charge in [0.1, 0.15) is 16.5 Å². The number of hydrogen-bond donors (Lipinski definition) is 1. The molecule has 3 aromatic rings. The van der Waals surface area contributed by atoms with Crippen LogP contribution in [0.4, 0.5) is 11.5 Å². The molecule has 3 rings (SSSR count). The van der Waals surface area contributed by atoms with E-state index in [0.717, 1.165) is 44.6 Å². The van der Waals surface area contributed by atoms with Gasteiger partial charge < -0.3 is 5.32 Å². The molecule has 0 saturated carbocycles. The molecule has 1 N–H and O–H groups in total. The molecule has 2 heterocycles. The van der Waals surface area contributed by atoms with E-state index in [9.17, 15) is 0 Å². The zero-order valence-electron chi connectivity index (χ0n) is 12.2. The summed E-state index contributed by atoms with van der Waals surface area (Å²) in [6.45, 7) is 6.07. The molecule has 0 aliphatic heterocycles. The molecule has 0 bridgehead atoms. The van der Waals surface area contributed by atoms with E-state index in [1.165, 1.54) is 4.88 Å². The first kappa shape index (κ1) is 14.3. The SMILES string of the molecule is CCc1cc2c(Nc3cccc(Cl)c3C)nc(C)nc2s1.